The lowest BCUT2D eigenvalue weighted by molar-refractivity contribution is -0.118. The highest BCUT2D eigenvalue weighted by Crippen LogP contribution is 2.24. The molecule has 2 aromatic heterocycles. The zero-order valence-corrected chi connectivity index (χ0v) is 17.8. The molecule has 0 saturated carbocycles. The number of thioether (sulfide) groups is 1. The van der Waals surface area contributed by atoms with Gasteiger partial charge in [-0.3, -0.25) is 14.0 Å². The number of fused-ring (bicyclic) bond motifs is 3. The molecule has 154 valence electrons. The standard InChI is InChI=1S/C22H23N5O2S/c1-3-4-13-23-19(28)14-30-22-25-24-21-26(17-11-7-5-9-15(17)2)20(29)16-10-6-8-12-18(16)27(21)22/h5-12H,3-4,13-14H2,1-2H3,(H,23,28). The van der Waals surface area contributed by atoms with E-state index in [9.17, 15) is 9.59 Å². The first-order valence-corrected chi connectivity index (χ1v) is 10.9. The zero-order chi connectivity index (χ0) is 21.1. The van der Waals surface area contributed by atoms with Crippen molar-refractivity contribution in [2.24, 2.45) is 0 Å². The fourth-order valence-electron chi connectivity index (χ4n) is 3.39. The first-order chi connectivity index (χ1) is 14.6. The number of amides is 1. The summed E-state index contributed by atoms with van der Waals surface area (Å²) >= 11 is 1.31. The van der Waals surface area contributed by atoms with Gasteiger partial charge in [-0.1, -0.05) is 55.4 Å². The molecule has 0 unspecified atom stereocenters. The molecule has 7 nitrogen and oxygen atoms in total. The first-order valence-electron chi connectivity index (χ1n) is 9.96. The largest absolute Gasteiger partial charge is 0.355 e. The van der Waals surface area contributed by atoms with Gasteiger partial charge in [-0.15, -0.1) is 10.2 Å². The molecule has 1 amide bonds. The number of hydrogen-bond acceptors (Lipinski definition) is 5. The van der Waals surface area contributed by atoms with Crippen LogP contribution in [0.5, 0.6) is 0 Å². The highest BCUT2D eigenvalue weighted by molar-refractivity contribution is 7.99. The molecule has 0 aliphatic rings. The molecule has 4 rings (SSSR count). The Morgan fingerprint density at radius 2 is 1.87 bits per heavy atom. The number of carbonyl (C=O) groups excluding carboxylic acids is 1. The van der Waals surface area contributed by atoms with Crippen molar-refractivity contribution in [1.29, 1.82) is 0 Å². The molecule has 0 spiro atoms. The predicted molar refractivity (Wildman–Crippen MR) is 119 cm³/mol. The van der Waals surface area contributed by atoms with E-state index >= 15 is 0 Å². The van der Waals surface area contributed by atoms with E-state index in [4.69, 9.17) is 0 Å². The Labute approximate surface area is 178 Å². The number of nitrogens with one attached hydrogen (secondary N) is 1. The normalized spacial score (nSPS) is 11.3. The first kappa shape index (κ1) is 20.2. The van der Waals surface area contributed by atoms with Crippen LogP contribution in [0.25, 0.3) is 22.4 Å². The summed E-state index contributed by atoms with van der Waals surface area (Å²) in [6, 6.07) is 15.1. The third-order valence-electron chi connectivity index (χ3n) is 4.94. The van der Waals surface area contributed by atoms with Crippen LogP contribution in [0.3, 0.4) is 0 Å². The number of carbonyl (C=O) groups is 1. The Morgan fingerprint density at radius 3 is 2.67 bits per heavy atom. The van der Waals surface area contributed by atoms with Gasteiger partial charge < -0.3 is 5.32 Å². The second-order valence-corrected chi connectivity index (χ2v) is 8.00. The van der Waals surface area contributed by atoms with Gasteiger partial charge >= 0.3 is 0 Å². The summed E-state index contributed by atoms with van der Waals surface area (Å²) in [5.74, 6) is 0.631. The number of benzene rings is 2. The molecule has 4 aromatic rings. The number of aromatic nitrogens is 4. The van der Waals surface area contributed by atoms with Crippen LogP contribution in [0.4, 0.5) is 0 Å². The molecule has 0 aliphatic carbocycles. The summed E-state index contributed by atoms with van der Waals surface area (Å²) in [7, 11) is 0. The maximum atomic E-state index is 13.3. The Morgan fingerprint density at radius 1 is 1.10 bits per heavy atom. The van der Waals surface area contributed by atoms with E-state index < -0.39 is 0 Å². The van der Waals surface area contributed by atoms with Crippen molar-refractivity contribution >= 4 is 34.3 Å². The van der Waals surface area contributed by atoms with Crippen LogP contribution in [-0.4, -0.2) is 37.4 Å². The summed E-state index contributed by atoms with van der Waals surface area (Å²) in [4.78, 5) is 25.5. The fourth-order valence-corrected chi connectivity index (χ4v) is 4.16. The number of para-hydroxylation sites is 2. The van der Waals surface area contributed by atoms with Crippen molar-refractivity contribution in [2.45, 2.75) is 31.8 Å². The number of aryl methyl sites for hydroxylation is 1. The summed E-state index contributed by atoms with van der Waals surface area (Å²) in [6.45, 7) is 4.72. The molecule has 0 saturated heterocycles. The lowest BCUT2D eigenvalue weighted by atomic mass is 10.2. The van der Waals surface area contributed by atoms with Crippen LogP contribution < -0.4 is 10.9 Å². The van der Waals surface area contributed by atoms with Crippen LogP contribution >= 0.6 is 11.8 Å². The van der Waals surface area contributed by atoms with Crippen LogP contribution in [-0.2, 0) is 4.79 Å². The Kier molecular flexibility index (Phi) is 5.85. The van der Waals surface area contributed by atoms with Gasteiger partial charge in [0.2, 0.25) is 11.7 Å². The van der Waals surface area contributed by atoms with Gasteiger partial charge in [0.25, 0.3) is 5.56 Å². The van der Waals surface area contributed by atoms with Gasteiger partial charge in [-0.25, -0.2) is 4.57 Å². The SMILES string of the molecule is CCCCNC(=O)CSc1nnc2n(-c3ccccc3C)c(=O)c3ccccc3n12. The topological polar surface area (TPSA) is 81.3 Å². The molecule has 2 heterocycles. The van der Waals surface area contributed by atoms with Gasteiger partial charge in [0.05, 0.1) is 22.3 Å². The number of hydrogen-bond donors (Lipinski definition) is 1. The van der Waals surface area contributed by atoms with Gasteiger partial charge in [0.15, 0.2) is 5.16 Å². The van der Waals surface area contributed by atoms with Crippen LogP contribution in [0, 0.1) is 6.92 Å². The summed E-state index contributed by atoms with van der Waals surface area (Å²) in [5, 5.41) is 12.7. The molecule has 30 heavy (non-hydrogen) atoms. The van der Waals surface area contributed by atoms with E-state index in [0.29, 0.717) is 22.9 Å². The van der Waals surface area contributed by atoms with E-state index in [0.717, 1.165) is 29.6 Å². The number of rotatable bonds is 7. The third-order valence-corrected chi connectivity index (χ3v) is 5.86. The molecule has 0 bridgehead atoms. The third kappa shape index (κ3) is 3.70. The molecule has 8 heteroatoms. The maximum absolute atomic E-state index is 13.3. The molecule has 0 radical (unpaired) electrons. The lowest BCUT2D eigenvalue weighted by Gasteiger charge is -2.13. The number of nitrogens with zero attached hydrogens (tertiary/aromatic N) is 4. The fraction of sp³-hybridized carbons (Fsp3) is 0.273. The number of unbranched alkanes of at least 4 members (excludes halogenated alkanes) is 1. The van der Waals surface area contributed by atoms with Gasteiger partial charge in [0.1, 0.15) is 0 Å². The van der Waals surface area contributed by atoms with Crippen LogP contribution in [0.1, 0.15) is 25.3 Å². The van der Waals surface area contributed by atoms with E-state index in [1.807, 2.05) is 53.8 Å². The van der Waals surface area contributed by atoms with Crippen LogP contribution in [0.2, 0.25) is 0 Å². The molecular formula is C22H23N5O2S. The second-order valence-electron chi connectivity index (χ2n) is 7.05. The minimum atomic E-state index is -0.145. The van der Waals surface area contributed by atoms with Crippen molar-refractivity contribution in [3.8, 4) is 5.69 Å². The zero-order valence-electron chi connectivity index (χ0n) is 17.0. The highest BCUT2D eigenvalue weighted by Gasteiger charge is 2.19. The molecule has 0 fully saturated rings. The van der Waals surface area contributed by atoms with Crippen molar-refractivity contribution in [3.63, 3.8) is 0 Å². The Balaban J connectivity index is 1.83. The van der Waals surface area contributed by atoms with Crippen molar-refractivity contribution < 1.29 is 4.79 Å². The Bertz CT molecular complexity index is 1280. The van der Waals surface area contributed by atoms with Crippen molar-refractivity contribution in [1.82, 2.24) is 24.5 Å². The lowest BCUT2D eigenvalue weighted by Crippen LogP contribution is -2.26. The predicted octanol–water partition coefficient (Wildman–Crippen LogP) is 3.35. The molecule has 1 N–H and O–H groups in total. The van der Waals surface area contributed by atoms with E-state index in [2.05, 4.69) is 22.4 Å². The quantitative estimate of drug-likeness (QED) is 0.366. The highest BCUT2D eigenvalue weighted by atomic mass is 32.2. The van der Waals surface area contributed by atoms with Crippen molar-refractivity contribution in [3.05, 3.63) is 64.4 Å². The summed E-state index contributed by atoms with van der Waals surface area (Å²) in [5.41, 5.74) is 2.30. The minimum absolute atomic E-state index is 0.0401. The summed E-state index contributed by atoms with van der Waals surface area (Å²) in [6.07, 6.45) is 1.99. The molecule has 0 atom stereocenters. The molecule has 2 aromatic carbocycles. The van der Waals surface area contributed by atoms with Gasteiger partial charge in [0, 0.05) is 6.54 Å². The molecule has 0 aliphatic heterocycles. The van der Waals surface area contributed by atoms with E-state index in [-0.39, 0.29) is 17.2 Å². The van der Waals surface area contributed by atoms with Gasteiger partial charge in [-0.05, 0) is 37.1 Å². The van der Waals surface area contributed by atoms with Crippen molar-refractivity contribution in [2.75, 3.05) is 12.3 Å². The smallest absolute Gasteiger partial charge is 0.267 e. The minimum Gasteiger partial charge on any atom is -0.355 e. The van der Waals surface area contributed by atoms with E-state index in [1.165, 1.54) is 11.8 Å². The summed E-state index contributed by atoms with van der Waals surface area (Å²) < 4.78 is 3.45. The molecular weight excluding hydrogens is 398 g/mol. The Hall–Kier alpha value is -3.13. The second kappa shape index (κ2) is 8.71. The van der Waals surface area contributed by atoms with Crippen LogP contribution in [0.15, 0.2) is 58.5 Å². The average molecular weight is 422 g/mol. The maximum Gasteiger partial charge on any atom is 0.267 e. The van der Waals surface area contributed by atoms with Gasteiger partial charge in [-0.2, -0.15) is 0 Å². The monoisotopic (exact) mass is 421 g/mol. The van der Waals surface area contributed by atoms with E-state index in [1.54, 1.807) is 10.6 Å². The average Bonchev–Trinajstić information content (AvgIpc) is 3.18.